The molecule has 80 valence electrons. The van der Waals surface area contributed by atoms with Gasteiger partial charge in [-0.2, -0.15) is 0 Å². The van der Waals surface area contributed by atoms with E-state index in [4.69, 9.17) is 0 Å². The van der Waals surface area contributed by atoms with Gasteiger partial charge in [0.1, 0.15) is 11.4 Å². The van der Waals surface area contributed by atoms with E-state index in [2.05, 4.69) is 15.2 Å². The van der Waals surface area contributed by atoms with E-state index in [0.717, 1.165) is 0 Å². The molecule has 0 fully saturated rings. The molecule has 1 aromatic carbocycles. The third-order valence-electron chi connectivity index (χ3n) is 1.94. The summed E-state index contributed by atoms with van der Waals surface area (Å²) in [5, 5.41) is 17.0. The number of azo groups is 1. The van der Waals surface area contributed by atoms with Crippen LogP contribution in [0.15, 0.2) is 57.6 Å². The topological polar surface area (TPSA) is 77.8 Å². The second kappa shape index (κ2) is 4.39. The van der Waals surface area contributed by atoms with Crippen LogP contribution in [0.3, 0.4) is 0 Å². The zero-order valence-corrected chi connectivity index (χ0v) is 8.29. The maximum atomic E-state index is 11.3. The second-order valence-corrected chi connectivity index (χ2v) is 3.07. The van der Waals surface area contributed by atoms with Gasteiger partial charge in [0, 0.05) is 6.20 Å². The van der Waals surface area contributed by atoms with Gasteiger partial charge in [-0.3, -0.25) is 4.79 Å². The lowest BCUT2D eigenvalue weighted by Gasteiger charge is -1.95. The fourth-order valence-corrected chi connectivity index (χ4v) is 1.15. The van der Waals surface area contributed by atoms with Crippen molar-refractivity contribution in [2.24, 2.45) is 10.2 Å². The Hall–Kier alpha value is -2.43. The van der Waals surface area contributed by atoms with Crippen LogP contribution in [0.2, 0.25) is 0 Å². The fraction of sp³-hybridized carbons (Fsp3) is 0. The van der Waals surface area contributed by atoms with E-state index in [1.54, 1.807) is 30.3 Å². The van der Waals surface area contributed by atoms with Crippen molar-refractivity contribution in [1.82, 2.24) is 4.98 Å². The summed E-state index contributed by atoms with van der Waals surface area (Å²) >= 11 is 0. The van der Waals surface area contributed by atoms with E-state index < -0.39 is 0 Å². The van der Waals surface area contributed by atoms with Crippen molar-refractivity contribution in [2.75, 3.05) is 0 Å². The number of aromatic nitrogens is 1. The summed E-state index contributed by atoms with van der Waals surface area (Å²) in [4.78, 5) is 13.7. The van der Waals surface area contributed by atoms with Gasteiger partial charge in [-0.25, -0.2) is 0 Å². The predicted molar refractivity (Wildman–Crippen MR) is 59.3 cm³/mol. The average molecular weight is 215 g/mol. The van der Waals surface area contributed by atoms with Crippen LogP contribution in [0.5, 0.6) is 5.75 Å². The number of para-hydroxylation sites is 1. The molecular weight excluding hydrogens is 206 g/mol. The number of aromatic amines is 1. The molecule has 0 unspecified atom stereocenters. The van der Waals surface area contributed by atoms with Crippen LogP contribution in [0.4, 0.5) is 11.4 Å². The summed E-state index contributed by atoms with van der Waals surface area (Å²) < 4.78 is 0. The Morgan fingerprint density at radius 3 is 2.44 bits per heavy atom. The smallest absolute Gasteiger partial charge is 0.275 e. The molecule has 5 heteroatoms. The number of pyridine rings is 1. The number of hydrogen-bond donors (Lipinski definition) is 2. The van der Waals surface area contributed by atoms with E-state index in [1.807, 2.05) is 0 Å². The Bertz CT molecular complexity index is 575. The Morgan fingerprint density at radius 1 is 1.00 bits per heavy atom. The van der Waals surface area contributed by atoms with Gasteiger partial charge in [0.05, 0.1) is 0 Å². The van der Waals surface area contributed by atoms with Crippen LogP contribution < -0.4 is 5.56 Å². The fourth-order valence-electron chi connectivity index (χ4n) is 1.15. The highest BCUT2D eigenvalue weighted by atomic mass is 16.3. The van der Waals surface area contributed by atoms with Crippen molar-refractivity contribution in [2.45, 2.75) is 0 Å². The first kappa shape index (κ1) is 10.1. The molecule has 1 heterocycles. The van der Waals surface area contributed by atoms with Crippen molar-refractivity contribution < 1.29 is 5.11 Å². The van der Waals surface area contributed by atoms with E-state index in [9.17, 15) is 9.90 Å². The molecule has 0 saturated heterocycles. The number of benzene rings is 1. The number of phenols is 1. The molecule has 2 rings (SSSR count). The molecule has 2 aromatic rings. The zero-order chi connectivity index (χ0) is 11.4. The number of phenolic OH excluding ortho intramolecular Hbond substituents is 1. The molecule has 16 heavy (non-hydrogen) atoms. The van der Waals surface area contributed by atoms with Gasteiger partial charge in [-0.1, -0.05) is 12.1 Å². The summed E-state index contributed by atoms with van der Waals surface area (Å²) in [6.07, 6.45) is 1.52. The van der Waals surface area contributed by atoms with Crippen LogP contribution in [0, 0.1) is 0 Å². The SMILES string of the molecule is O=c1[nH]cccc1N=Nc1ccccc1O. The first-order chi connectivity index (χ1) is 7.77. The van der Waals surface area contributed by atoms with Crippen molar-refractivity contribution in [3.63, 3.8) is 0 Å². The van der Waals surface area contributed by atoms with E-state index >= 15 is 0 Å². The summed E-state index contributed by atoms with van der Waals surface area (Å²) in [6.45, 7) is 0. The minimum absolute atomic E-state index is 0.0265. The van der Waals surface area contributed by atoms with E-state index in [-0.39, 0.29) is 17.0 Å². The van der Waals surface area contributed by atoms with E-state index in [0.29, 0.717) is 5.69 Å². The highest BCUT2D eigenvalue weighted by Gasteiger charge is 1.98. The monoisotopic (exact) mass is 215 g/mol. The molecule has 5 nitrogen and oxygen atoms in total. The van der Waals surface area contributed by atoms with Gasteiger partial charge in [-0.15, -0.1) is 10.2 Å². The maximum Gasteiger partial charge on any atom is 0.275 e. The minimum atomic E-state index is -0.318. The van der Waals surface area contributed by atoms with Gasteiger partial charge < -0.3 is 10.1 Å². The molecule has 0 spiro atoms. The molecule has 2 N–H and O–H groups in total. The second-order valence-electron chi connectivity index (χ2n) is 3.07. The number of nitrogens with one attached hydrogen (secondary N) is 1. The predicted octanol–water partition coefficient (Wildman–Crippen LogP) is 2.50. The first-order valence-corrected chi connectivity index (χ1v) is 4.65. The molecule has 0 saturated carbocycles. The Morgan fingerprint density at radius 2 is 1.69 bits per heavy atom. The molecule has 0 aliphatic rings. The van der Waals surface area contributed by atoms with E-state index in [1.165, 1.54) is 12.3 Å². The lowest BCUT2D eigenvalue weighted by atomic mass is 10.3. The quantitative estimate of drug-likeness (QED) is 0.755. The molecule has 1 aromatic heterocycles. The van der Waals surface area contributed by atoms with Crippen molar-refractivity contribution in [1.29, 1.82) is 0 Å². The maximum absolute atomic E-state index is 11.3. The highest BCUT2D eigenvalue weighted by Crippen LogP contribution is 2.26. The van der Waals surface area contributed by atoms with Gasteiger partial charge in [0.15, 0.2) is 5.69 Å². The summed E-state index contributed by atoms with van der Waals surface area (Å²) in [5.74, 6) is 0.0265. The van der Waals surface area contributed by atoms with Crippen molar-refractivity contribution >= 4 is 11.4 Å². The number of rotatable bonds is 2. The van der Waals surface area contributed by atoms with Crippen LogP contribution in [-0.2, 0) is 0 Å². The number of hydrogen-bond acceptors (Lipinski definition) is 4. The largest absolute Gasteiger partial charge is 0.506 e. The molecule has 0 aliphatic heterocycles. The zero-order valence-electron chi connectivity index (χ0n) is 8.29. The van der Waals surface area contributed by atoms with Crippen molar-refractivity contribution in [3.05, 3.63) is 52.9 Å². The van der Waals surface area contributed by atoms with Crippen molar-refractivity contribution in [3.8, 4) is 5.75 Å². The molecule has 0 bridgehead atoms. The van der Waals surface area contributed by atoms with Crippen LogP contribution in [0.1, 0.15) is 0 Å². The Labute approximate surface area is 91.1 Å². The van der Waals surface area contributed by atoms with Crippen LogP contribution in [0.25, 0.3) is 0 Å². The minimum Gasteiger partial charge on any atom is -0.506 e. The van der Waals surface area contributed by atoms with Crippen LogP contribution in [-0.4, -0.2) is 10.1 Å². The van der Waals surface area contributed by atoms with Gasteiger partial charge in [0.2, 0.25) is 0 Å². The van der Waals surface area contributed by atoms with Gasteiger partial charge in [-0.05, 0) is 24.3 Å². The first-order valence-electron chi connectivity index (χ1n) is 4.65. The summed E-state index contributed by atoms with van der Waals surface area (Å²) in [5.41, 5.74) is 0.207. The summed E-state index contributed by atoms with van der Waals surface area (Å²) in [6, 6.07) is 9.72. The molecule has 0 radical (unpaired) electrons. The average Bonchev–Trinajstić information content (AvgIpc) is 2.30. The lowest BCUT2D eigenvalue weighted by molar-refractivity contribution is 0.476. The molecular formula is C11H9N3O2. The molecule has 0 atom stereocenters. The van der Waals surface area contributed by atoms with Gasteiger partial charge in [0.25, 0.3) is 5.56 Å². The summed E-state index contributed by atoms with van der Waals surface area (Å²) in [7, 11) is 0. The molecule has 0 amide bonds. The Kier molecular flexibility index (Phi) is 2.77. The molecule has 0 aliphatic carbocycles. The van der Waals surface area contributed by atoms with Gasteiger partial charge >= 0.3 is 0 Å². The number of aromatic hydroxyl groups is 1. The normalized spacial score (nSPS) is 10.8. The number of H-pyrrole nitrogens is 1. The highest BCUT2D eigenvalue weighted by molar-refractivity contribution is 5.50. The Balaban J connectivity index is 2.32. The third-order valence-corrected chi connectivity index (χ3v) is 1.94. The lowest BCUT2D eigenvalue weighted by Crippen LogP contribution is -2.01. The van der Waals surface area contributed by atoms with Crippen LogP contribution >= 0.6 is 0 Å². The number of nitrogens with zero attached hydrogens (tertiary/aromatic N) is 2. The third kappa shape index (κ3) is 2.14. The standard InChI is InChI=1S/C11H9N3O2/c15-10-6-2-1-4-8(10)13-14-9-5-3-7-12-11(9)16/h1-7,15H,(H,12,16).